The van der Waals surface area contributed by atoms with Gasteiger partial charge in [0.25, 0.3) is 0 Å². The molecule has 16 heavy (non-hydrogen) atoms. The van der Waals surface area contributed by atoms with Gasteiger partial charge in [-0.1, -0.05) is 37.9 Å². The fourth-order valence-corrected chi connectivity index (χ4v) is 2.40. The predicted molar refractivity (Wildman–Crippen MR) is 68.5 cm³/mol. The minimum Gasteiger partial charge on any atom is -0.485 e. The fraction of sp³-hybridized carbons (Fsp3) is 0.538. The van der Waals surface area contributed by atoms with Crippen molar-refractivity contribution in [3.8, 4) is 5.75 Å². The predicted octanol–water partition coefficient (Wildman–Crippen LogP) is 4.09. The Balaban J connectivity index is 2.27. The Morgan fingerprint density at radius 2 is 2.19 bits per heavy atom. The van der Waals surface area contributed by atoms with Crippen LogP contribution in [0.2, 0.25) is 5.02 Å². The molecular formula is C13H18ClNO. The second-order valence-corrected chi connectivity index (χ2v) is 4.63. The number of rotatable bonds is 3. The molecule has 1 aliphatic rings. The van der Waals surface area contributed by atoms with Crippen LogP contribution in [0.15, 0.2) is 18.2 Å². The maximum atomic E-state index is 6.13. The van der Waals surface area contributed by atoms with Gasteiger partial charge in [-0.3, -0.25) is 0 Å². The Hall–Kier alpha value is -0.890. The van der Waals surface area contributed by atoms with E-state index in [9.17, 15) is 0 Å². The number of halogens is 1. The normalized spacial score (nSPS) is 23.2. The molecule has 0 fully saturated rings. The van der Waals surface area contributed by atoms with E-state index in [1.165, 1.54) is 0 Å². The molecule has 1 heterocycles. The third-order valence-corrected chi connectivity index (χ3v) is 3.34. The molecule has 1 aliphatic heterocycles. The van der Waals surface area contributed by atoms with E-state index in [0.29, 0.717) is 11.1 Å². The Morgan fingerprint density at radius 1 is 1.38 bits per heavy atom. The quantitative estimate of drug-likeness (QED) is 0.858. The van der Waals surface area contributed by atoms with E-state index in [1.54, 1.807) is 0 Å². The van der Waals surface area contributed by atoms with Crippen molar-refractivity contribution in [3.63, 3.8) is 0 Å². The monoisotopic (exact) mass is 239 g/mol. The van der Waals surface area contributed by atoms with Gasteiger partial charge in [0.05, 0.1) is 16.8 Å². The molecule has 2 unspecified atom stereocenters. The first-order valence-electron chi connectivity index (χ1n) is 5.98. The highest BCUT2D eigenvalue weighted by Crippen LogP contribution is 2.38. The first-order chi connectivity index (χ1) is 7.76. The van der Waals surface area contributed by atoms with Gasteiger partial charge in [-0.15, -0.1) is 0 Å². The van der Waals surface area contributed by atoms with E-state index in [-0.39, 0.29) is 6.10 Å². The zero-order chi connectivity index (χ0) is 11.5. The average Bonchev–Trinajstić information content (AvgIpc) is 2.30. The van der Waals surface area contributed by atoms with Crippen molar-refractivity contribution in [1.29, 1.82) is 0 Å². The van der Waals surface area contributed by atoms with E-state index in [0.717, 1.165) is 30.7 Å². The number of fused-ring (bicyclic) bond motifs is 1. The molecule has 0 aromatic heterocycles. The highest BCUT2D eigenvalue weighted by Gasteiger charge is 2.28. The smallest absolute Gasteiger partial charge is 0.161 e. The van der Waals surface area contributed by atoms with Crippen LogP contribution in [0.4, 0.5) is 5.69 Å². The van der Waals surface area contributed by atoms with Crippen molar-refractivity contribution in [3.05, 3.63) is 23.2 Å². The maximum Gasteiger partial charge on any atom is 0.161 e. The Kier molecular flexibility index (Phi) is 3.59. The molecule has 2 nitrogen and oxygen atoms in total. The van der Waals surface area contributed by atoms with Crippen molar-refractivity contribution in [2.75, 3.05) is 5.32 Å². The molecule has 0 saturated carbocycles. The number of ether oxygens (including phenoxy) is 1. The SMILES string of the molecule is CCCC1Oc2c(Cl)cccc2NC1CC. The lowest BCUT2D eigenvalue weighted by atomic mass is 10.0. The summed E-state index contributed by atoms with van der Waals surface area (Å²) in [5.74, 6) is 0.812. The average molecular weight is 240 g/mol. The first-order valence-corrected chi connectivity index (χ1v) is 6.35. The van der Waals surface area contributed by atoms with Gasteiger partial charge in [-0.2, -0.15) is 0 Å². The molecule has 0 amide bonds. The Labute approximate surface area is 102 Å². The molecule has 0 aliphatic carbocycles. The maximum absolute atomic E-state index is 6.13. The van der Waals surface area contributed by atoms with Gasteiger partial charge >= 0.3 is 0 Å². The van der Waals surface area contributed by atoms with Crippen LogP contribution >= 0.6 is 11.6 Å². The van der Waals surface area contributed by atoms with Crippen molar-refractivity contribution in [2.45, 2.75) is 45.3 Å². The van der Waals surface area contributed by atoms with Crippen LogP contribution in [0, 0.1) is 0 Å². The summed E-state index contributed by atoms with van der Waals surface area (Å²) in [6.45, 7) is 4.36. The summed E-state index contributed by atoms with van der Waals surface area (Å²) in [5.41, 5.74) is 1.02. The van der Waals surface area contributed by atoms with Gasteiger partial charge in [0.15, 0.2) is 5.75 Å². The molecule has 2 rings (SSSR count). The lowest BCUT2D eigenvalue weighted by Crippen LogP contribution is -2.41. The highest BCUT2D eigenvalue weighted by atomic mass is 35.5. The summed E-state index contributed by atoms with van der Waals surface area (Å²) in [6.07, 6.45) is 3.50. The number of hydrogen-bond acceptors (Lipinski definition) is 2. The first kappa shape index (κ1) is 11.6. The number of hydrogen-bond donors (Lipinski definition) is 1. The van der Waals surface area contributed by atoms with Crippen molar-refractivity contribution < 1.29 is 4.74 Å². The molecular weight excluding hydrogens is 222 g/mol. The van der Waals surface area contributed by atoms with Crippen molar-refractivity contribution in [2.24, 2.45) is 0 Å². The lowest BCUT2D eigenvalue weighted by molar-refractivity contribution is 0.155. The second-order valence-electron chi connectivity index (χ2n) is 4.22. The minimum atomic E-state index is 0.238. The Morgan fingerprint density at radius 3 is 2.88 bits per heavy atom. The van der Waals surface area contributed by atoms with Crippen LogP contribution in [-0.2, 0) is 0 Å². The standard InChI is InChI=1S/C13H18ClNO/c1-3-6-12-10(4-2)15-11-8-5-7-9(14)13(11)16-12/h5,7-8,10,12,15H,3-4,6H2,1-2H3. The number of anilines is 1. The molecule has 0 saturated heterocycles. The van der Waals surface area contributed by atoms with Crippen LogP contribution in [0.25, 0.3) is 0 Å². The summed E-state index contributed by atoms with van der Waals surface area (Å²) >= 11 is 6.13. The van der Waals surface area contributed by atoms with Gasteiger partial charge in [0.1, 0.15) is 6.10 Å². The highest BCUT2D eigenvalue weighted by molar-refractivity contribution is 6.32. The molecule has 3 heteroatoms. The van der Waals surface area contributed by atoms with Crippen molar-refractivity contribution in [1.82, 2.24) is 0 Å². The van der Waals surface area contributed by atoms with Crippen LogP contribution in [0.5, 0.6) is 5.75 Å². The third-order valence-electron chi connectivity index (χ3n) is 3.04. The molecule has 2 atom stereocenters. The van der Waals surface area contributed by atoms with E-state index in [4.69, 9.17) is 16.3 Å². The summed E-state index contributed by atoms with van der Waals surface area (Å²) < 4.78 is 6.01. The minimum absolute atomic E-state index is 0.238. The van der Waals surface area contributed by atoms with Crippen LogP contribution in [0.3, 0.4) is 0 Å². The van der Waals surface area contributed by atoms with E-state index in [2.05, 4.69) is 19.2 Å². The molecule has 1 N–H and O–H groups in total. The molecule has 0 bridgehead atoms. The lowest BCUT2D eigenvalue weighted by Gasteiger charge is -2.35. The van der Waals surface area contributed by atoms with E-state index in [1.807, 2.05) is 18.2 Å². The molecule has 88 valence electrons. The van der Waals surface area contributed by atoms with Gasteiger partial charge in [0.2, 0.25) is 0 Å². The largest absolute Gasteiger partial charge is 0.485 e. The van der Waals surface area contributed by atoms with Gasteiger partial charge in [-0.05, 0) is 25.0 Å². The van der Waals surface area contributed by atoms with Crippen LogP contribution < -0.4 is 10.1 Å². The zero-order valence-corrected chi connectivity index (χ0v) is 10.6. The summed E-state index contributed by atoms with van der Waals surface area (Å²) in [7, 11) is 0. The van der Waals surface area contributed by atoms with Gasteiger partial charge < -0.3 is 10.1 Å². The molecule has 0 radical (unpaired) electrons. The van der Waals surface area contributed by atoms with Crippen LogP contribution in [0.1, 0.15) is 33.1 Å². The Bertz CT molecular complexity index is 367. The molecule has 1 aromatic carbocycles. The molecule has 0 spiro atoms. The number of para-hydroxylation sites is 1. The summed E-state index contributed by atoms with van der Waals surface area (Å²) in [6, 6.07) is 6.24. The third kappa shape index (κ3) is 2.12. The van der Waals surface area contributed by atoms with Crippen LogP contribution in [-0.4, -0.2) is 12.1 Å². The number of nitrogens with one attached hydrogen (secondary N) is 1. The van der Waals surface area contributed by atoms with E-state index >= 15 is 0 Å². The zero-order valence-electron chi connectivity index (χ0n) is 9.79. The van der Waals surface area contributed by atoms with Crippen molar-refractivity contribution >= 4 is 17.3 Å². The molecule has 1 aromatic rings. The summed E-state index contributed by atoms with van der Waals surface area (Å²) in [4.78, 5) is 0. The van der Waals surface area contributed by atoms with Gasteiger partial charge in [-0.25, -0.2) is 0 Å². The topological polar surface area (TPSA) is 21.3 Å². The van der Waals surface area contributed by atoms with Gasteiger partial charge in [0, 0.05) is 0 Å². The second kappa shape index (κ2) is 4.96. The summed E-state index contributed by atoms with van der Waals surface area (Å²) in [5, 5.41) is 4.21. The fourth-order valence-electron chi connectivity index (χ4n) is 2.18. The van der Waals surface area contributed by atoms with E-state index < -0.39 is 0 Å². The number of benzene rings is 1.